The van der Waals surface area contributed by atoms with Gasteiger partial charge in [-0.3, -0.25) is 4.90 Å². The molecule has 2 aromatic rings. The summed E-state index contributed by atoms with van der Waals surface area (Å²) in [5, 5.41) is 0.684. The van der Waals surface area contributed by atoms with E-state index in [1.165, 1.54) is 4.90 Å². The van der Waals surface area contributed by atoms with E-state index in [1.807, 2.05) is 45.0 Å². The summed E-state index contributed by atoms with van der Waals surface area (Å²) >= 11 is 0. The van der Waals surface area contributed by atoms with Crippen LogP contribution < -0.4 is 0 Å². The molecule has 2 heterocycles. The van der Waals surface area contributed by atoms with Crippen LogP contribution in [0.1, 0.15) is 70.6 Å². The van der Waals surface area contributed by atoms with Crippen LogP contribution in [0.3, 0.4) is 0 Å². The number of nitrogens with one attached hydrogen (secondary N) is 1. The minimum Gasteiger partial charge on any atom is -0.463 e. The maximum atomic E-state index is 13.8. The first-order valence-electron chi connectivity index (χ1n) is 12.4. The Balaban J connectivity index is 2.17. The molecule has 1 aromatic heterocycles. The van der Waals surface area contributed by atoms with Crippen molar-refractivity contribution in [2.24, 2.45) is 0 Å². The summed E-state index contributed by atoms with van der Waals surface area (Å²) in [6, 6.07) is 7.43. The van der Waals surface area contributed by atoms with Gasteiger partial charge in [-0.25, -0.2) is 14.4 Å². The second-order valence-electron chi connectivity index (χ2n) is 8.58. The van der Waals surface area contributed by atoms with Gasteiger partial charge in [-0.05, 0) is 25.3 Å². The number of unbranched alkanes of at least 4 members (excludes halogenated alkanes) is 3. The van der Waals surface area contributed by atoms with Crippen molar-refractivity contribution in [3.8, 4) is 0 Å². The van der Waals surface area contributed by atoms with Gasteiger partial charge in [-0.2, -0.15) is 0 Å². The predicted octanol–water partition coefficient (Wildman–Crippen LogP) is 4.84. The fourth-order valence-corrected chi connectivity index (χ4v) is 4.27. The van der Waals surface area contributed by atoms with Gasteiger partial charge in [0.25, 0.3) is 5.54 Å². The average Bonchev–Trinajstić information content (AvgIpc) is 3.22. The molecule has 1 amide bonds. The molecule has 3 rings (SSSR count). The maximum Gasteiger partial charge on any atom is 0.411 e. The van der Waals surface area contributed by atoms with Crippen molar-refractivity contribution in [3.63, 3.8) is 0 Å². The monoisotopic (exact) mass is 472 g/mol. The Hall–Kier alpha value is -3.03. The van der Waals surface area contributed by atoms with E-state index in [0.717, 1.165) is 30.5 Å². The number of H-pyrrole nitrogens is 1. The highest BCUT2D eigenvalue weighted by Crippen LogP contribution is 2.43. The van der Waals surface area contributed by atoms with Crippen molar-refractivity contribution in [2.75, 3.05) is 26.4 Å². The summed E-state index contributed by atoms with van der Waals surface area (Å²) in [7, 11) is 0. The minimum absolute atomic E-state index is 0.122. The van der Waals surface area contributed by atoms with Crippen molar-refractivity contribution in [3.05, 3.63) is 35.5 Å². The van der Waals surface area contributed by atoms with Crippen LogP contribution in [0, 0.1) is 0 Å². The van der Waals surface area contributed by atoms with Gasteiger partial charge in [0.05, 0.1) is 19.8 Å². The molecule has 34 heavy (non-hydrogen) atoms. The molecule has 0 unspecified atom stereocenters. The number of benzene rings is 1. The lowest BCUT2D eigenvalue weighted by atomic mass is 9.82. The van der Waals surface area contributed by atoms with E-state index < -0.39 is 23.6 Å². The molecule has 0 atom stereocenters. The molecule has 0 saturated heterocycles. The summed E-state index contributed by atoms with van der Waals surface area (Å²) in [5.74, 6) is -1.61. The number of ether oxygens (including phenoxy) is 3. The zero-order valence-corrected chi connectivity index (χ0v) is 20.5. The topological polar surface area (TPSA) is 97.9 Å². The number of amides is 1. The van der Waals surface area contributed by atoms with Crippen molar-refractivity contribution in [1.82, 2.24) is 9.88 Å². The second kappa shape index (κ2) is 11.9. The smallest absolute Gasteiger partial charge is 0.411 e. The molecule has 186 valence electrons. The Morgan fingerprint density at radius 2 is 1.44 bits per heavy atom. The standard InChI is InChI=1S/C26H36N2O6/c1-4-7-16-32-23(29)26(24(30)33-17-8-5-2)22-19-12-10-11-13-20(19)27-21(22)14-15-28(26)25(31)34-18-9-6-3/h10-13,27H,4-9,14-18H2,1-3H3. The van der Waals surface area contributed by atoms with E-state index in [9.17, 15) is 14.4 Å². The number of carbonyl (C=O) groups is 3. The lowest BCUT2D eigenvalue weighted by molar-refractivity contribution is -0.176. The number of nitrogens with zero attached hydrogens (tertiary/aromatic N) is 1. The third-order valence-corrected chi connectivity index (χ3v) is 6.13. The third-order valence-electron chi connectivity index (χ3n) is 6.13. The number of aromatic amines is 1. The largest absolute Gasteiger partial charge is 0.463 e. The van der Waals surface area contributed by atoms with Gasteiger partial charge in [-0.1, -0.05) is 58.2 Å². The number of rotatable bonds is 11. The number of para-hydroxylation sites is 1. The van der Waals surface area contributed by atoms with Gasteiger partial charge in [0.1, 0.15) is 0 Å². The Bertz CT molecular complexity index is 976. The molecule has 0 spiro atoms. The first-order valence-corrected chi connectivity index (χ1v) is 12.4. The Morgan fingerprint density at radius 1 is 0.882 bits per heavy atom. The fraction of sp³-hybridized carbons (Fsp3) is 0.577. The van der Waals surface area contributed by atoms with E-state index in [4.69, 9.17) is 14.2 Å². The molecule has 0 bridgehead atoms. The number of aromatic nitrogens is 1. The minimum atomic E-state index is -2.07. The van der Waals surface area contributed by atoms with Crippen LogP contribution in [0.25, 0.3) is 10.9 Å². The van der Waals surface area contributed by atoms with Crippen molar-refractivity contribution >= 4 is 28.9 Å². The Kier molecular flexibility index (Phi) is 8.96. The van der Waals surface area contributed by atoms with E-state index in [1.54, 1.807) is 0 Å². The summed E-state index contributed by atoms with van der Waals surface area (Å²) < 4.78 is 16.8. The van der Waals surface area contributed by atoms with E-state index in [-0.39, 0.29) is 26.4 Å². The number of hydrogen-bond acceptors (Lipinski definition) is 6. The maximum absolute atomic E-state index is 13.8. The fourth-order valence-electron chi connectivity index (χ4n) is 4.27. The first-order chi connectivity index (χ1) is 16.5. The van der Waals surface area contributed by atoms with Gasteiger partial charge in [0, 0.05) is 35.1 Å². The number of carbonyl (C=O) groups excluding carboxylic acids is 3. The van der Waals surface area contributed by atoms with Crippen molar-refractivity contribution in [1.29, 1.82) is 0 Å². The molecule has 1 aromatic carbocycles. The van der Waals surface area contributed by atoms with Crippen molar-refractivity contribution < 1.29 is 28.6 Å². The van der Waals surface area contributed by atoms with Crippen LogP contribution in [0.15, 0.2) is 24.3 Å². The van der Waals surface area contributed by atoms with E-state index >= 15 is 0 Å². The molecule has 0 saturated carbocycles. The SMILES string of the molecule is CCCCOC(=O)N1CCc2[nH]c3ccccc3c2C1(C(=O)OCCCC)C(=O)OCCCC. The van der Waals surface area contributed by atoms with Crippen LogP contribution in [-0.2, 0) is 35.8 Å². The Morgan fingerprint density at radius 3 is 2.03 bits per heavy atom. The molecular weight excluding hydrogens is 436 g/mol. The van der Waals surface area contributed by atoms with Crippen LogP contribution >= 0.6 is 0 Å². The zero-order chi connectivity index (χ0) is 24.6. The number of esters is 2. The Labute approximate surface area is 200 Å². The van der Waals surface area contributed by atoms with Gasteiger partial charge in [-0.15, -0.1) is 0 Å². The molecular formula is C26H36N2O6. The summed E-state index contributed by atoms with van der Waals surface area (Å²) in [4.78, 5) is 45.5. The number of hydrogen-bond donors (Lipinski definition) is 1. The third kappa shape index (κ3) is 4.91. The molecule has 1 aliphatic rings. The highest BCUT2D eigenvalue weighted by molar-refractivity contribution is 6.12. The van der Waals surface area contributed by atoms with Crippen LogP contribution in [0.4, 0.5) is 4.79 Å². The van der Waals surface area contributed by atoms with E-state index in [0.29, 0.717) is 36.6 Å². The average molecular weight is 473 g/mol. The molecule has 8 heteroatoms. The molecule has 0 fully saturated rings. The van der Waals surface area contributed by atoms with Crippen LogP contribution in [0.5, 0.6) is 0 Å². The predicted molar refractivity (Wildman–Crippen MR) is 128 cm³/mol. The molecule has 1 N–H and O–H groups in total. The highest BCUT2D eigenvalue weighted by Gasteiger charge is 2.61. The normalized spacial score (nSPS) is 14.5. The lowest BCUT2D eigenvalue weighted by Crippen LogP contribution is -2.63. The molecule has 0 aliphatic carbocycles. The van der Waals surface area contributed by atoms with Gasteiger partial charge in [0.2, 0.25) is 0 Å². The first kappa shape index (κ1) is 25.6. The highest BCUT2D eigenvalue weighted by atomic mass is 16.6. The second-order valence-corrected chi connectivity index (χ2v) is 8.58. The summed E-state index contributed by atoms with van der Waals surface area (Å²) in [6.45, 7) is 6.59. The van der Waals surface area contributed by atoms with Gasteiger partial charge < -0.3 is 19.2 Å². The lowest BCUT2D eigenvalue weighted by Gasteiger charge is -2.42. The van der Waals surface area contributed by atoms with Crippen LogP contribution in [0.2, 0.25) is 0 Å². The molecule has 1 aliphatic heterocycles. The number of fused-ring (bicyclic) bond motifs is 3. The van der Waals surface area contributed by atoms with Gasteiger partial charge >= 0.3 is 18.0 Å². The zero-order valence-electron chi connectivity index (χ0n) is 20.5. The van der Waals surface area contributed by atoms with E-state index in [2.05, 4.69) is 4.98 Å². The van der Waals surface area contributed by atoms with Crippen LogP contribution in [-0.4, -0.2) is 54.3 Å². The van der Waals surface area contributed by atoms with Crippen molar-refractivity contribution in [2.45, 2.75) is 71.3 Å². The summed E-state index contributed by atoms with van der Waals surface area (Å²) in [6.07, 6.45) is 4.20. The quantitative estimate of drug-likeness (QED) is 0.217. The molecule has 0 radical (unpaired) electrons. The summed E-state index contributed by atoms with van der Waals surface area (Å²) in [5.41, 5.74) is -0.151. The molecule has 8 nitrogen and oxygen atoms in total. The van der Waals surface area contributed by atoms with Gasteiger partial charge in [0.15, 0.2) is 0 Å².